The second-order valence-electron chi connectivity index (χ2n) is 9.58. The smallest absolute Gasteiger partial charge is 0.287 e. The highest BCUT2D eigenvalue weighted by molar-refractivity contribution is 5.91. The molecule has 0 radical (unpaired) electrons. The van der Waals surface area contributed by atoms with E-state index in [1.54, 1.807) is 12.1 Å². The molecule has 35 heavy (non-hydrogen) atoms. The Hall–Kier alpha value is -3.54. The monoisotopic (exact) mass is 472 g/mol. The van der Waals surface area contributed by atoms with Crippen molar-refractivity contribution in [3.63, 3.8) is 0 Å². The van der Waals surface area contributed by atoms with Crippen molar-refractivity contribution >= 4 is 11.8 Å². The van der Waals surface area contributed by atoms with Crippen molar-refractivity contribution < 1.29 is 18.7 Å². The first kappa shape index (κ1) is 23.2. The molecular weight excluding hydrogens is 440 g/mol. The van der Waals surface area contributed by atoms with Crippen LogP contribution in [0.2, 0.25) is 0 Å². The van der Waals surface area contributed by atoms with Gasteiger partial charge in [-0.1, -0.05) is 42.8 Å². The number of rotatable bonds is 8. The molecule has 5 rings (SSSR count). The van der Waals surface area contributed by atoms with E-state index in [9.17, 15) is 9.59 Å². The normalized spacial score (nSPS) is 17.1. The van der Waals surface area contributed by atoms with Crippen LogP contribution in [0.3, 0.4) is 0 Å². The van der Waals surface area contributed by atoms with E-state index < -0.39 is 0 Å². The van der Waals surface area contributed by atoms with Gasteiger partial charge in [-0.15, -0.1) is 0 Å². The summed E-state index contributed by atoms with van der Waals surface area (Å²) in [6.07, 6.45) is 3.67. The lowest BCUT2D eigenvalue weighted by atomic mass is 9.87. The molecule has 2 amide bonds. The highest BCUT2D eigenvalue weighted by Gasteiger charge is 2.32. The van der Waals surface area contributed by atoms with Crippen LogP contribution >= 0.6 is 0 Å². The van der Waals surface area contributed by atoms with Crippen LogP contribution in [0.25, 0.3) is 0 Å². The number of carbonyl (C=O) groups excluding carboxylic acids is 2. The summed E-state index contributed by atoms with van der Waals surface area (Å²) < 4.78 is 11.8. The number of aryl methyl sites for hydroxylation is 1. The van der Waals surface area contributed by atoms with Gasteiger partial charge < -0.3 is 19.4 Å². The number of carbonyl (C=O) groups is 2. The SMILES string of the molecule is CCC(=O)N1CCc2ccc(OCc3ccc(C(=O)NCC4CC4)o3)cc2[C@H]1c1cccc(C)c1. The van der Waals surface area contributed by atoms with E-state index in [0.717, 1.165) is 17.5 Å². The van der Waals surface area contributed by atoms with Crippen molar-refractivity contribution in [3.8, 4) is 5.75 Å². The van der Waals surface area contributed by atoms with Crippen molar-refractivity contribution in [2.75, 3.05) is 13.1 Å². The van der Waals surface area contributed by atoms with Crippen molar-refractivity contribution in [3.05, 3.63) is 88.4 Å². The van der Waals surface area contributed by atoms with Gasteiger partial charge in [0.25, 0.3) is 5.91 Å². The van der Waals surface area contributed by atoms with E-state index >= 15 is 0 Å². The predicted octanol–water partition coefficient (Wildman–Crippen LogP) is 5.19. The maximum absolute atomic E-state index is 12.8. The summed E-state index contributed by atoms with van der Waals surface area (Å²) in [5, 5.41) is 2.92. The van der Waals surface area contributed by atoms with E-state index in [1.165, 1.54) is 24.0 Å². The molecule has 1 N–H and O–H groups in total. The second kappa shape index (κ2) is 9.98. The van der Waals surface area contributed by atoms with E-state index in [4.69, 9.17) is 9.15 Å². The molecule has 2 aromatic carbocycles. The quantitative estimate of drug-likeness (QED) is 0.490. The zero-order valence-electron chi connectivity index (χ0n) is 20.4. The summed E-state index contributed by atoms with van der Waals surface area (Å²) in [5.74, 6) is 2.20. The summed E-state index contributed by atoms with van der Waals surface area (Å²) in [5.41, 5.74) is 4.61. The molecule has 1 atom stereocenters. The van der Waals surface area contributed by atoms with Crippen molar-refractivity contribution in [2.45, 2.75) is 52.2 Å². The fourth-order valence-electron chi connectivity index (χ4n) is 4.73. The van der Waals surface area contributed by atoms with Gasteiger partial charge in [-0.25, -0.2) is 0 Å². The van der Waals surface area contributed by atoms with Gasteiger partial charge >= 0.3 is 0 Å². The van der Waals surface area contributed by atoms with Gasteiger partial charge in [0.15, 0.2) is 5.76 Å². The Kier molecular flexibility index (Phi) is 6.62. The standard InChI is InChI=1S/C29H32N2O4/c1-3-27(32)31-14-13-21-9-10-23(16-25(21)28(31)22-6-4-5-19(2)15-22)34-18-24-11-12-26(35-24)29(33)30-17-20-7-8-20/h4-6,9-12,15-16,20,28H,3,7-8,13-14,17-18H2,1-2H3,(H,30,33)/t28-/m1/s1. The first-order valence-corrected chi connectivity index (χ1v) is 12.5. The van der Waals surface area contributed by atoms with Crippen molar-refractivity contribution in [2.24, 2.45) is 5.92 Å². The third kappa shape index (κ3) is 5.26. The highest BCUT2D eigenvalue weighted by atomic mass is 16.5. The van der Waals surface area contributed by atoms with Gasteiger partial charge in [0, 0.05) is 19.5 Å². The Morgan fingerprint density at radius 2 is 1.97 bits per heavy atom. The highest BCUT2D eigenvalue weighted by Crippen LogP contribution is 2.38. The summed E-state index contributed by atoms with van der Waals surface area (Å²) >= 11 is 0. The lowest BCUT2D eigenvalue weighted by Gasteiger charge is -2.38. The second-order valence-corrected chi connectivity index (χ2v) is 9.58. The maximum Gasteiger partial charge on any atom is 0.287 e. The number of fused-ring (bicyclic) bond motifs is 1. The Balaban J connectivity index is 1.34. The fraction of sp³-hybridized carbons (Fsp3) is 0.379. The summed E-state index contributed by atoms with van der Waals surface area (Å²) in [6.45, 7) is 5.62. The predicted molar refractivity (Wildman–Crippen MR) is 133 cm³/mol. The van der Waals surface area contributed by atoms with Gasteiger partial charge in [-0.05, 0) is 73.1 Å². The van der Waals surface area contributed by atoms with Crippen LogP contribution in [0.5, 0.6) is 5.75 Å². The lowest BCUT2D eigenvalue weighted by Crippen LogP contribution is -2.40. The summed E-state index contributed by atoms with van der Waals surface area (Å²) in [7, 11) is 0. The fourth-order valence-corrected chi connectivity index (χ4v) is 4.73. The van der Waals surface area contributed by atoms with Gasteiger partial charge in [-0.3, -0.25) is 9.59 Å². The van der Waals surface area contributed by atoms with Gasteiger partial charge in [0.05, 0.1) is 6.04 Å². The lowest BCUT2D eigenvalue weighted by molar-refractivity contribution is -0.132. The number of ether oxygens (including phenoxy) is 1. The van der Waals surface area contributed by atoms with Crippen LogP contribution in [-0.4, -0.2) is 29.8 Å². The number of nitrogens with one attached hydrogen (secondary N) is 1. The van der Waals surface area contributed by atoms with Crippen LogP contribution in [0.1, 0.15) is 70.8 Å². The van der Waals surface area contributed by atoms with Crippen LogP contribution in [0.15, 0.2) is 59.0 Å². The number of furan rings is 1. The Morgan fingerprint density at radius 3 is 2.74 bits per heavy atom. The molecule has 0 spiro atoms. The summed E-state index contributed by atoms with van der Waals surface area (Å²) in [6, 6.07) is 17.8. The molecule has 182 valence electrons. The minimum Gasteiger partial charge on any atom is -0.486 e. The van der Waals surface area contributed by atoms with Gasteiger partial charge in [-0.2, -0.15) is 0 Å². The number of hydrogen-bond acceptors (Lipinski definition) is 4. The molecule has 0 unspecified atom stereocenters. The maximum atomic E-state index is 12.8. The van der Waals surface area contributed by atoms with Crippen LogP contribution in [0.4, 0.5) is 0 Å². The van der Waals surface area contributed by atoms with E-state index in [1.807, 2.05) is 30.0 Å². The molecule has 6 nitrogen and oxygen atoms in total. The molecule has 1 aromatic heterocycles. The number of benzene rings is 2. The molecular formula is C29H32N2O4. The topological polar surface area (TPSA) is 71.8 Å². The van der Waals surface area contributed by atoms with Gasteiger partial charge in [0.1, 0.15) is 18.1 Å². The minimum atomic E-state index is -0.182. The zero-order chi connectivity index (χ0) is 24.4. The Labute approximate surface area is 206 Å². The number of nitrogens with zero attached hydrogens (tertiary/aromatic N) is 1. The molecule has 0 bridgehead atoms. The summed E-state index contributed by atoms with van der Waals surface area (Å²) in [4.78, 5) is 27.1. The van der Waals surface area contributed by atoms with Crippen molar-refractivity contribution in [1.82, 2.24) is 10.2 Å². The molecule has 1 aliphatic carbocycles. The average molecular weight is 473 g/mol. The molecule has 2 aliphatic rings. The number of amides is 2. The largest absolute Gasteiger partial charge is 0.486 e. The Bertz CT molecular complexity index is 1230. The first-order chi connectivity index (χ1) is 17.0. The minimum absolute atomic E-state index is 0.139. The van der Waals surface area contributed by atoms with Crippen LogP contribution in [-0.2, 0) is 17.8 Å². The molecule has 6 heteroatoms. The van der Waals surface area contributed by atoms with Crippen LogP contribution < -0.4 is 10.1 Å². The van der Waals surface area contributed by atoms with E-state index in [0.29, 0.717) is 42.7 Å². The third-order valence-electron chi connectivity index (χ3n) is 6.84. The van der Waals surface area contributed by atoms with Gasteiger partial charge in [0.2, 0.25) is 5.91 Å². The third-order valence-corrected chi connectivity index (χ3v) is 6.84. The first-order valence-electron chi connectivity index (χ1n) is 12.5. The Morgan fingerprint density at radius 1 is 1.11 bits per heavy atom. The zero-order valence-corrected chi connectivity index (χ0v) is 20.4. The van der Waals surface area contributed by atoms with E-state index in [2.05, 4.69) is 36.5 Å². The van der Waals surface area contributed by atoms with Crippen LogP contribution in [0, 0.1) is 12.8 Å². The molecule has 1 fully saturated rings. The molecule has 1 saturated carbocycles. The average Bonchev–Trinajstić information content (AvgIpc) is 3.59. The van der Waals surface area contributed by atoms with E-state index in [-0.39, 0.29) is 24.5 Å². The molecule has 1 aliphatic heterocycles. The molecule has 2 heterocycles. The molecule has 0 saturated heterocycles. The number of hydrogen-bond donors (Lipinski definition) is 1. The molecule has 3 aromatic rings. The van der Waals surface area contributed by atoms with Crippen molar-refractivity contribution in [1.29, 1.82) is 0 Å².